The number of carbonyl (C=O) groups excluding carboxylic acids is 2. The van der Waals surface area contributed by atoms with E-state index in [1.165, 1.54) is 6.07 Å². The molecular weight excluding hydrogens is 228 g/mol. The smallest absolute Gasteiger partial charge is 0.193 e. The molecule has 2 aromatic carbocycles. The van der Waals surface area contributed by atoms with Gasteiger partial charge < -0.3 is 5.11 Å². The molecule has 0 aliphatic carbocycles. The van der Waals surface area contributed by atoms with Crippen molar-refractivity contribution in [1.29, 1.82) is 0 Å². The minimum atomic E-state index is -0.553. The van der Waals surface area contributed by atoms with Crippen molar-refractivity contribution in [3.05, 3.63) is 71.3 Å². The highest BCUT2D eigenvalue weighted by Gasteiger charge is 2.11. The third-order valence-corrected chi connectivity index (χ3v) is 2.63. The second-order valence-electron chi connectivity index (χ2n) is 3.86. The highest BCUT2D eigenvalue weighted by molar-refractivity contribution is 6.10. The molecular formula is C15H12O3. The number of ketones is 2. The maximum Gasteiger partial charge on any atom is 0.193 e. The Morgan fingerprint density at radius 1 is 0.833 bits per heavy atom. The maximum atomic E-state index is 12.1. The highest BCUT2D eigenvalue weighted by Crippen LogP contribution is 2.12. The molecule has 0 atom stereocenters. The van der Waals surface area contributed by atoms with E-state index in [0.717, 1.165) is 0 Å². The number of rotatable bonds is 4. The monoisotopic (exact) mass is 240 g/mol. The van der Waals surface area contributed by atoms with Crippen molar-refractivity contribution in [2.24, 2.45) is 0 Å². The molecule has 0 amide bonds. The van der Waals surface area contributed by atoms with Crippen LogP contribution in [0.15, 0.2) is 54.6 Å². The lowest BCUT2D eigenvalue weighted by Crippen LogP contribution is -2.07. The molecule has 0 spiro atoms. The Kier molecular flexibility index (Phi) is 3.65. The van der Waals surface area contributed by atoms with Gasteiger partial charge in [-0.25, -0.2) is 0 Å². The van der Waals surface area contributed by atoms with Crippen LogP contribution in [0, 0.1) is 0 Å². The zero-order valence-corrected chi connectivity index (χ0v) is 9.67. The first kappa shape index (κ1) is 12.2. The van der Waals surface area contributed by atoms with E-state index < -0.39 is 12.4 Å². The van der Waals surface area contributed by atoms with Gasteiger partial charge in [-0.2, -0.15) is 0 Å². The van der Waals surface area contributed by atoms with Gasteiger partial charge in [-0.05, 0) is 6.07 Å². The molecule has 1 N–H and O–H groups in total. The first-order valence-electron chi connectivity index (χ1n) is 5.56. The van der Waals surface area contributed by atoms with Gasteiger partial charge in [0.05, 0.1) is 0 Å². The molecule has 0 saturated heterocycles. The fraction of sp³-hybridized carbons (Fsp3) is 0.0667. The normalized spacial score (nSPS) is 10.1. The van der Waals surface area contributed by atoms with Crippen LogP contribution in [0.1, 0.15) is 26.3 Å². The molecule has 0 saturated carbocycles. The third kappa shape index (κ3) is 2.52. The molecule has 18 heavy (non-hydrogen) atoms. The van der Waals surface area contributed by atoms with Crippen LogP contribution in [-0.2, 0) is 0 Å². The number of benzene rings is 2. The lowest BCUT2D eigenvalue weighted by atomic mass is 10.0. The number of hydrogen-bond acceptors (Lipinski definition) is 3. The van der Waals surface area contributed by atoms with Crippen LogP contribution in [-0.4, -0.2) is 23.3 Å². The molecule has 0 unspecified atom stereocenters. The van der Waals surface area contributed by atoms with Gasteiger partial charge in [0.1, 0.15) is 6.61 Å². The van der Waals surface area contributed by atoms with E-state index in [0.29, 0.717) is 16.7 Å². The van der Waals surface area contributed by atoms with Crippen LogP contribution in [0.5, 0.6) is 0 Å². The largest absolute Gasteiger partial charge is 0.388 e. The maximum absolute atomic E-state index is 12.1. The quantitative estimate of drug-likeness (QED) is 0.832. The Morgan fingerprint density at radius 3 is 2.11 bits per heavy atom. The molecule has 3 nitrogen and oxygen atoms in total. The Bertz CT molecular complexity index is 573. The topological polar surface area (TPSA) is 54.4 Å². The number of aliphatic hydroxyl groups excluding tert-OH is 1. The number of hydrogen-bond donors (Lipinski definition) is 1. The summed E-state index contributed by atoms with van der Waals surface area (Å²) in [6.45, 7) is -0.553. The van der Waals surface area contributed by atoms with Gasteiger partial charge in [0.25, 0.3) is 0 Å². The first-order chi connectivity index (χ1) is 8.72. The molecule has 0 fully saturated rings. The second-order valence-corrected chi connectivity index (χ2v) is 3.86. The van der Waals surface area contributed by atoms with Crippen LogP contribution >= 0.6 is 0 Å². The van der Waals surface area contributed by atoms with Gasteiger partial charge >= 0.3 is 0 Å². The van der Waals surface area contributed by atoms with Crippen molar-refractivity contribution in [2.45, 2.75) is 0 Å². The van der Waals surface area contributed by atoms with E-state index in [1.807, 2.05) is 6.07 Å². The summed E-state index contributed by atoms with van der Waals surface area (Å²) >= 11 is 0. The van der Waals surface area contributed by atoms with Crippen LogP contribution in [0.3, 0.4) is 0 Å². The van der Waals surface area contributed by atoms with Gasteiger partial charge in [-0.15, -0.1) is 0 Å². The predicted octanol–water partition coefficient (Wildman–Crippen LogP) is 2.09. The predicted molar refractivity (Wildman–Crippen MR) is 67.7 cm³/mol. The van der Waals surface area contributed by atoms with Crippen LogP contribution < -0.4 is 0 Å². The van der Waals surface area contributed by atoms with Crippen LogP contribution in [0.2, 0.25) is 0 Å². The lowest BCUT2D eigenvalue weighted by Gasteiger charge is -2.03. The molecule has 0 bridgehead atoms. The minimum absolute atomic E-state index is 0.136. The molecule has 0 aliphatic rings. The van der Waals surface area contributed by atoms with E-state index in [9.17, 15) is 9.59 Å². The fourth-order valence-corrected chi connectivity index (χ4v) is 1.68. The average Bonchev–Trinajstić information content (AvgIpc) is 2.46. The first-order valence-corrected chi connectivity index (χ1v) is 5.56. The summed E-state index contributed by atoms with van der Waals surface area (Å²) in [5.74, 6) is -0.527. The summed E-state index contributed by atoms with van der Waals surface area (Å²) in [7, 11) is 0. The molecule has 0 aromatic heterocycles. The molecule has 90 valence electrons. The van der Waals surface area contributed by atoms with Crippen LogP contribution in [0.4, 0.5) is 0 Å². The third-order valence-electron chi connectivity index (χ3n) is 2.63. The molecule has 0 aliphatic heterocycles. The van der Waals surface area contributed by atoms with Crippen molar-refractivity contribution in [3.8, 4) is 0 Å². The van der Waals surface area contributed by atoms with Gasteiger partial charge in [-0.3, -0.25) is 9.59 Å². The Morgan fingerprint density at radius 2 is 1.44 bits per heavy atom. The van der Waals surface area contributed by atoms with Crippen LogP contribution in [0.25, 0.3) is 0 Å². The average molecular weight is 240 g/mol. The molecule has 0 radical (unpaired) electrons. The fourth-order valence-electron chi connectivity index (χ4n) is 1.68. The van der Waals surface area contributed by atoms with Gasteiger partial charge in [0.2, 0.25) is 0 Å². The summed E-state index contributed by atoms with van der Waals surface area (Å²) in [5.41, 5.74) is 1.37. The second kappa shape index (κ2) is 5.38. The van der Waals surface area contributed by atoms with Gasteiger partial charge in [0.15, 0.2) is 11.6 Å². The Balaban J connectivity index is 2.35. The summed E-state index contributed by atoms with van der Waals surface area (Å²) in [5, 5.41) is 8.80. The summed E-state index contributed by atoms with van der Waals surface area (Å²) in [6.07, 6.45) is 0. The molecule has 2 aromatic rings. The number of Topliss-reactive ketones (excluding diaryl/α,β-unsaturated/α-hetero) is 1. The van der Waals surface area contributed by atoms with Crippen molar-refractivity contribution < 1.29 is 14.7 Å². The van der Waals surface area contributed by atoms with E-state index in [4.69, 9.17) is 5.11 Å². The van der Waals surface area contributed by atoms with Crippen molar-refractivity contribution in [3.63, 3.8) is 0 Å². The zero-order valence-electron chi connectivity index (χ0n) is 9.67. The van der Waals surface area contributed by atoms with Crippen molar-refractivity contribution >= 4 is 11.6 Å². The zero-order chi connectivity index (χ0) is 13.0. The summed E-state index contributed by atoms with van der Waals surface area (Å²) in [6, 6.07) is 15.2. The Hall–Kier alpha value is -2.26. The van der Waals surface area contributed by atoms with Gasteiger partial charge in [-0.1, -0.05) is 48.5 Å². The van der Waals surface area contributed by atoms with Crippen molar-refractivity contribution in [2.75, 3.05) is 6.61 Å². The molecule has 0 heterocycles. The van der Waals surface area contributed by atoms with Gasteiger partial charge in [0, 0.05) is 16.7 Å². The lowest BCUT2D eigenvalue weighted by molar-refractivity contribution is 0.0903. The minimum Gasteiger partial charge on any atom is -0.388 e. The summed E-state index contributed by atoms with van der Waals surface area (Å²) in [4.78, 5) is 23.5. The SMILES string of the molecule is O=C(CO)c1cccc(C(=O)c2ccccc2)c1. The van der Waals surface area contributed by atoms with Crippen molar-refractivity contribution in [1.82, 2.24) is 0 Å². The molecule has 3 heteroatoms. The number of carbonyl (C=O) groups is 2. The van der Waals surface area contributed by atoms with E-state index in [-0.39, 0.29) is 5.78 Å². The van der Waals surface area contributed by atoms with E-state index in [1.54, 1.807) is 42.5 Å². The molecule has 2 rings (SSSR count). The van der Waals surface area contributed by atoms with E-state index >= 15 is 0 Å². The number of aliphatic hydroxyl groups is 1. The summed E-state index contributed by atoms with van der Waals surface area (Å²) < 4.78 is 0. The standard InChI is InChI=1S/C15H12O3/c16-10-14(17)12-7-4-8-13(9-12)15(18)11-5-2-1-3-6-11/h1-9,16H,10H2. The van der Waals surface area contributed by atoms with E-state index in [2.05, 4.69) is 0 Å². The Labute approximate surface area is 105 Å². The highest BCUT2D eigenvalue weighted by atomic mass is 16.3.